The lowest BCUT2D eigenvalue weighted by Crippen LogP contribution is -2.30. The van der Waals surface area contributed by atoms with Crippen LogP contribution in [0.4, 0.5) is 0 Å². The van der Waals surface area contributed by atoms with Crippen molar-refractivity contribution in [3.8, 4) is 0 Å². The van der Waals surface area contributed by atoms with Crippen molar-refractivity contribution < 1.29 is 5.11 Å². The van der Waals surface area contributed by atoms with E-state index in [9.17, 15) is 5.11 Å². The highest BCUT2D eigenvalue weighted by molar-refractivity contribution is 4.59. The van der Waals surface area contributed by atoms with Crippen LogP contribution in [0.2, 0.25) is 0 Å². The average molecular weight is 146 g/mol. The third-order valence-corrected chi connectivity index (χ3v) is 1.56. The normalized spacial score (nSPS) is 14.1. The second-order valence-corrected chi connectivity index (χ2v) is 2.59. The summed E-state index contributed by atoms with van der Waals surface area (Å²) >= 11 is 0. The van der Waals surface area contributed by atoms with Gasteiger partial charge in [-0.25, -0.2) is 0 Å². The van der Waals surface area contributed by atoms with Crippen LogP contribution in [0.5, 0.6) is 0 Å². The van der Waals surface area contributed by atoms with E-state index in [1.165, 1.54) is 0 Å². The number of likely N-dealkylation sites (N-methyl/N-ethyl adjacent to an activating group) is 1. The van der Waals surface area contributed by atoms with Crippen molar-refractivity contribution in [1.82, 2.24) is 4.90 Å². The summed E-state index contributed by atoms with van der Waals surface area (Å²) in [5.74, 6) is 0. The minimum atomic E-state index is -0.255. The number of aliphatic hydroxyl groups excluding tert-OH is 1. The Labute approximate surface area is 62.8 Å². The van der Waals surface area contributed by atoms with E-state index >= 15 is 0 Å². The van der Waals surface area contributed by atoms with Gasteiger partial charge < -0.3 is 15.7 Å². The number of hydrogen-bond acceptors (Lipinski definition) is 3. The van der Waals surface area contributed by atoms with Crippen molar-refractivity contribution in [3.05, 3.63) is 0 Å². The van der Waals surface area contributed by atoms with E-state index in [0.717, 1.165) is 13.1 Å². The lowest BCUT2D eigenvalue weighted by Gasteiger charge is -2.17. The molecule has 0 rings (SSSR count). The minimum absolute atomic E-state index is 0.255. The number of nitrogens with two attached hydrogens (primary N) is 1. The molecule has 0 fully saturated rings. The van der Waals surface area contributed by atoms with Gasteiger partial charge in [-0.2, -0.15) is 0 Å². The molecule has 0 saturated carbocycles. The second-order valence-electron chi connectivity index (χ2n) is 2.59. The maximum absolute atomic E-state index is 9.23. The molecule has 10 heavy (non-hydrogen) atoms. The van der Waals surface area contributed by atoms with E-state index in [-0.39, 0.29) is 6.10 Å². The third kappa shape index (κ3) is 4.73. The van der Waals surface area contributed by atoms with Crippen LogP contribution < -0.4 is 5.73 Å². The molecule has 0 aromatic rings. The lowest BCUT2D eigenvalue weighted by atomic mass is 10.2. The smallest absolute Gasteiger partial charge is 0.0679 e. The van der Waals surface area contributed by atoms with E-state index in [4.69, 9.17) is 5.73 Å². The summed E-state index contributed by atoms with van der Waals surface area (Å²) in [6, 6.07) is 0. The van der Waals surface area contributed by atoms with Crippen LogP contribution in [0.25, 0.3) is 0 Å². The maximum atomic E-state index is 9.23. The van der Waals surface area contributed by atoms with E-state index in [0.29, 0.717) is 13.0 Å². The van der Waals surface area contributed by atoms with Gasteiger partial charge in [-0.3, -0.25) is 0 Å². The van der Waals surface area contributed by atoms with Crippen LogP contribution in [0.3, 0.4) is 0 Å². The SMILES string of the molecule is CCN(C)CC(O)CCN. The van der Waals surface area contributed by atoms with Crippen LogP contribution in [-0.4, -0.2) is 42.8 Å². The van der Waals surface area contributed by atoms with Gasteiger partial charge in [0.15, 0.2) is 0 Å². The summed E-state index contributed by atoms with van der Waals surface area (Å²) in [5.41, 5.74) is 5.27. The summed E-state index contributed by atoms with van der Waals surface area (Å²) in [6.07, 6.45) is 0.444. The van der Waals surface area contributed by atoms with E-state index in [2.05, 4.69) is 11.8 Å². The average Bonchev–Trinajstić information content (AvgIpc) is 1.88. The first-order valence-corrected chi connectivity index (χ1v) is 3.77. The summed E-state index contributed by atoms with van der Waals surface area (Å²) < 4.78 is 0. The first-order valence-electron chi connectivity index (χ1n) is 3.77. The highest BCUT2D eigenvalue weighted by Gasteiger charge is 2.04. The molecule has 1 unspecified atom stereocenters. The van der Waals surface area contributed by atoms with Crippen molar-refractivity contribution in [2.75, 3.05) is 26.7 Å². The molecular formula is C7H18N2O. The molecule has 62 valence electrons. The van der Waals surface area contributed by atoms with Gasteiger partial charge in [-0.05, 0) is 26.6 Å². The molecule has 0 aliphatic rings. The Morgan fingerprint density at radius 2 is 2.20 bits per heavy atom. The Morgan fingerprint density at radius 1 is 1.60 bits per heavy atom. The Bertz CT molecular complexity index is 78.0. The molecule has 0 bridgehead atoms. The van der Waals surface area contributed by atoms with Gasteiger partial charge in [0.2, 0.25) is 0 Å². The lowest BCUT2D eigenvalue weighted by molar-refractivity contribution is 0.122. The number of hydrogen-bond donors (Lipinski definition) is 2. The molecule has 1 atom stereocenters. The van der Waals surface area contributed by atoms with E-state index in [1.54, 1.807) is 0 Å². The molecular weight excluding hydrogens is 128 g/mol. The fourth-order valence-electron chi connectivity index (χ4n) is 0.773. The minimum Gasteiger partial charge on any atom is -0.392 e. The van der Waals surface area contributed by atoms with Crippen LogP contribution >= 0.6 is 0 Å². The van der Waals surface area contributed by atoms with Gasteiger partial charge in [-0.1, -0.05) is 6.92 Å². The van der Waals surface area contributed by atoms with Gasteiger partial charge in [0.25, 0.3) is 0 Å². The largest absolute Gasteiger partial charge is 0.392 e. The Kier molecular flexibility index (Phi) is 5.58. The molecule has 0 spiro atoms. The number of nitrogens with zero attached hydrogens (tertiary/aromatic N) is 1. The quantitative estimate of drug-likeness (QED) is 0.557. The Morgan fingerprint density at radius 3 is 2.60 bits per heavy atom. The molecule has 0 saturated heterocycles. The zero-order valence-corrected chi connectivity index (χ0v) is 6.88. The van der Waals surface area contributed by atoms with E-state index in [1.807, 2.05) is 7.05 Å². The monoisotopic (exact) mass is 146 g/mol. The van der Waals surface area contributed by atoms with Gasteiger partial charge in [0, 0.05) is 6.54 Å². The zero-order valence-electron chi connectivity index (χ0n) is 6.88. The fourth-order valence-corrected chi connectivity index (χ4v) is 0.773. The molecule has 3 nitrogen and oxygen atoms in total. The van der Waals surface area contributed by atoms with Crippen molar-refractivity contribution in [1.29, 1.82) is 0 Å². The van der Waals surface area contributed by atoms with Gasteiger partial charge in [-0.15, -0.1) is 0 Å². The topological polar surface area (TPSA) is 49.5 Å². The standard InChI is InChI=1S/C7H18N2O/c1-3-9(2)6-7(10)4-5-8/h7,10H,3-6,8H2,1-2H3. The summed E-state index contributed by atoms with van der Waals surface area (Å²) in [5, 5.41) is 9.23. The molecule has 0 aromatic heterocycles. The summed E-state index contributed by atoms with van der Waals surface area (Å²) in [4.78, 5) is 2.07. The highest BCUT2D eigenvalue weighted by Crippen LogP contribution is 1.91. The second kappa shape index (κ2) is 5.65. The van der Waals surface area contributed by atoms with Gasteiger partial charge in [0.1, 0.15) is 0 Å². The zero-order chi connectivity index (χ0) is 7.98. The van der Waals surface area contributed by atoms with Crippen molar-refractivity contribution >= 4 is 0 Å². The van der Waals surface area contributed by atoms with Crippen LogP contribution in [0, 0.1) is 0 Å². The summed E-state index contributed by atoms with van der Waals surface area (Å²) in [7, 11) is 1.99. The number of rotatable bonds is 5. The van der Waals surface area contributed by atoms with Gasteiger partial charge >= 0.3 is 0 Å². The molecule has 0 aliphatic carbocycles. The Hall–Kier alpha value is -0.120. The molecule has 3 heteroatoms. The highest BCUT2D eigenvalue weighted by atomic mass is 16.3. The Balaban J connectivity index is 3.27. The summed E-state index contributed by atoms with van der Waals surface area (Å²) in [6.45, 7) is 4.34. The van der Waals surface area contributed by atoms with Crippen molar-refractivity contribution in [2.24, 2.45) is 5.73 Å². The molecule has 0 aliphatic heterocycles. The number of aliphatic hydroxyl groups is 1. The molecule has 0 radical (unpaired) electrons. The predicted molar refractivity (Wildman–Crippen MR) is 42.8 cm³/mol. The molecule has 0 heterocycles. The molecule has 0 amide bonds. The molecule has 0 aromatic carbocycles. The van der Waals surface area contributed by atoms with Crippen molar-refractivity contribution in [3.63, 3.8) is 0 Å². The predicted octanol–water partition coefficient (Wildman–Crippen LogP) is -0.352. The van der Waals surface area contributed by atoms with Crippen LogP contribution in [0.15, 0.2) is 0 Å². The van der Waals surface area contributed by atoms with Crippen LogP contribution in [-0.2, 0) is 0 Å². The fraction of sp³-hybridized carbons (Fsp3) is 1.00. The van der Waals surface area contributed by atoms with Crippen LogP contribution in [0.1, 0.15) is 13.3 Å². The first kappa shape index (κ1) is 9.88. The molecule has 3 N–H and O–H groups in total. The van der Waals surface area contributed by atoms with E-state index < -0.39 is 0 Å². The third-order valence-electron chi connectivity index (χ3n) is 1.56. The van der Waals surface area contributed by atoms with Crippen molar-refractivity contribution in [2.45, 2.75) is 19.4 Å². The maximum Gasteiger partial charge on any atom is 0.0679 e. The first-order chi connectivity index (χ1) is 4.70. The van der Waals surface area contributed by atoms with Gasteiger partial charge in [0.05, 0.1) is 6.10 Å².